The number of aromatic hydroxyl groups is 6. The Morgan fingerprint density at radius 2 is 0.436 bits per heavy atom. The SMILES string of the molecule is CC(C)c1cc(C(C)C)cc(C(C)C)c1.Oc1ccc(O)cc1.Oc1ccc(O)cc1.Oc1ccc(O)cc1. The molecule has 0 bridgehead atoms. The molecule has 0 heterocycles. The molecule has 6 nitrogen and oxygen atoms in total. The van der Waals surface area contributed by atoms with Crippen molar-refractivity contribution in [1.29, 1.82) is 0 Å². The number of hydrogen-bond donors (Lipinski definition) is 6. The molecule has 0 radical (unpaired) electrons. The lowest BCUT2D eigenvalue weighted by Gasteiger charge is -2.16. The smallest absolute Gasteiger partial charge is 0.115 e. The van der Waals surface area contributed by atoms with Gasteiger partial charge in [0, 0.05) is 0 Å². The Hall–Kier alpha value is -4.32. The highest BCUT2D eigenvalue weighted by Crippen LogP contribution is 2.27. The molecular weight excluding hydrogens is 492 g/mol. The highest BCUT2D eigenvalue weighted by Gasteiger charge is 2.08. The van der Waals surface area contributed by atoms with Gasteiger partial charge in [-0.2, -0.15) is 0 Å². The third-order valence-corrected chi connectivity index (χ3v) is 5.55. The predicted octanol–water partition coefficient (Wildman–Crippen LogP) is 8.35. The zero-order valence-corrected chi connectivity index (χ0v) is 23.6. The van der Waals surface area contributed by atoms with E-state index in [4.69, 9.17) is 30.6 Å². The number of benzene rings is 4. The summed E-state index contributed by atoms with van der Waals surface area (Å²) in [4.78, 5) is 0. The number of phenols is 6. The van der Waals surface area contributed by atoms with Crippen LogP contribution in [-0.2, 0) is 0 Å². The maximum atomic E-state index is 8.65. The lowest BCUT2D eigenvalue weighted by Crippen LogP contribution is -1.98. The first kappa shape index (κ1) is 32.7. The summed E-state index contributed by atoms with van der Waals surface area (Å²) >= 11 is 0. The van der Waals surface area contributed by atoms with Crippen LogP contribution < -0.4 is 0 Å². The summed E-state index contributed by atoms with van der Waals surface area (Å²) in [7, 11) is 0. The van der Waals surface area contributed by atoms with Crippen molar-refractivity contribution in [1.82, 2.24) is 0 Å². The molecule has 0 spiro atoms. The molecule has 0 fully saturated rings. The summed E-state index contributed by atoms with van der Waals surface area (Å²) < 4.78 is 0. The third-order valence-electron chi connectivity index (χ3n) is 5.55. The second kappa shape index (κ2) is 16.5. The van der Waals surface area contributed by atoms with E-state index in [9.17, 15) is 0 Å². The lowest BCUT2D eigenvalue weighted by molar-refractivity contribution is 0.460. The van der Waals surface area contributed by atoms with Crippen LogP contribution in [0.3, 0.4) is 0 Å². The van der Waals surface area contributed by atoms with Gasteiger partial charge in [0.05, 0.1) is 0 Å². The Bertz CT molecular complexity index is 982. The van der Waals surface area contributed by atoms with Crippen LogP contribution in [0, 0.1) is 0 Å². The van der Waals surface area contributed by atoms with E-state index >= 15 is 0 Å². The van der Waals surface area contributed by atoms with Crippen LogP contribution in [0.2, 0.25) is 0 Å². The second-order valence-electron chi connectivity index (χ2n) is 9.95. The maximum Gasteiger partial charge on any atom is 0.115 e. The van der Waals surface area contributed by atoms with Crippen LogP contribution >= 0.6 is 0 Å². The van der Waals surface area contributed by atoms with Crippen molar-refractivity contribution in [3.8, 4) is 34.5 Å². The molecule has 0 saturated carbocycles. The van der Waals surface area contributed by atoms with Gasteiger partial charge in [-0.1, -0.05) is 59.7 Å². The molecule has 39 heavy (non-hydrogen) atoms. The van der Waals surface area contributed by atoms with Crippen LogP contribution in [-0.4, -0.2) is 30.6 Å². The first-order valence-corrected chi connectivity index (χ1v) is 12.9. The fraction of sp³-hybridized carbons (Fsp3) is 0.273. The average molecular weight is 535 g/mol. The van der Waals surface area contributed by atoms with E-state index in [0.29, 0.717) is 17.8 Å². The monoisotopic (exact) mass is 534 g/mol. The molecule has 0 aliphatic carbocycles. The number of rotatable bonds is 3. The highest BCUT2D eigenvalue weighted by molar-refractivity contribution is 5.35. The van der Waals surface area contributed by atoms with E-state index < -0.39 is 0 Å². The van der Waals surface area contributed by atoms with Gasteiger partial charge in [-0.05, 0) is 107 Å². The van der Waals surface area contributed by atoms with Crippen molar-refractivity contribution < 1.29 is 30.6 Å². The minimum absolute atomic E-state index is 0.169. The van der Waals surface area contributed by atoms with E-state index in [1.807, 2.05) is 0 Å². The van der Waals surface area contributed by atoms with Crippen molar-refractivity contribution in [2.24, 2.45) is 0 Å². The van der Waals surface area contributed by atoms with Crippen LogP contribution in [0.4, 0.5) is 0 Å². The van der Waals surface area contributed by atoms with Crippen LogP contribution in [0.15, 0.2) is 91.0 Å². The van der Waals surface area contributed by atoms with Crippen molar-refractivity contribution in [2.75, 3.05) is 0 Å². The Balaban J connectivity index is 0.000000273. The van der Waals surface area contributed by atoms with E-state index in [2.05, 4.69) is 59.7 Å². The molecule has 4 aromatic rings. The first-order valence-electron chi connectivity index (χ1n) is 12.9. The molecule has 0 unspecified atom stereocenters. The van der Waals surface area contributed by atoms with E-state index in [0.717, 1.165) is 0 Å². The minimum atomic E-state index is 0.169. The molecule has 0 atom stereocenters. The molecule has 0 aliphatic heterocycles. The first-order chi connectivity index (χ1) is 18.3. The summed E-state index contributed by atoms with van der Waals surface area (Å²) in [5, 5.41) is 51.9. The van der Waals surface area contributed by atoms with Gasteiger partial charge in [0.2, 0.25) is 0 Å². The number of hydrogen-bond acceptors (Lipinski definition) is 6. The normalized spacial score (nSPS) is 10.1. The summed E-state index contributed by atoms with van der Waals surface area (Å²) in [5.74, 6) is 2.89. The standard InChI is InChI=1S/C15H24.3C6H6O2/c1-10(2)13-7-14(11(3)4)9-15(8-13)12(5)6;3*7-5-1-2-6(8)4-3-5/h7-12H,1-6H3;3*1-4,7-8H. The fourth-order valence-corrected chi connectivity index (χ4v) is 3.06. The summed E-state index contributed by atoms with van der Waals surface area (Å²) in [5.41, 5.74) is 4.43. The zero-order chi connectivity index (χ0) is 29.5. The van der Waals surface area contributed by atoms with Gasteiger partial charge in [-0.3, -0.25) is 0 Å². The molecule has 6 N–H and O–H groups in total. The van der Waals surface area contributed by atoms with Crippen molar-refractivity contribution >= 4 is 0 Å². The molecule has 0 aliphatic rings. The minimum Gasteiger partial charge on any atom is -0.508 e. The van der Waals surface area contributed by atoms with E-state index in [1.54, 1.807) is 0 Å². The molecule has 210 valence electrons. The van der Waals surface area contributed by atoms with Gasteiger partial charge in [-0.15, -0.1) is 0 Å². The highest BCUT2D eigenvalue weighted by atomic mass is 16.3. The molecule has 4 rings (SSSR count). The van der Waals surface area contributed by atoms with E-state index in [-0.39, 0.29) is 34.5 Å². The summed E-state index contributed by atoms with van der Waals surface area (Å²) in [6, 6.07) is 24.2. The number of phenolic OH excluding ortho intramolecular Hbond substituents is 6. The Morgan fingerprint density at radius 3 is 0.538 bits per heavy atom. The topological polar surface area (TPSA) is 121 Å². The molecule has 6 heteroatoms. The summed E-state index contributed by atoms with van der Waals surface area (Å²) in [6.45, 7) is 13.6. The van der Waals surface area contributed by atoms with Gasteiger partial charge in [0.1, 0.15) is 34.5 Å². The average Bonchev–Trinajstić information content (AvgIpc) is 2.90. The van der Waals surface area contributed by atoms with Crippen LogP contribution in [0.25, 0.3) is 0 Å². The van der Waals surface area contributed by atoms with Gasteiger partial charge in [-0.25, -0.2) is 0 Å². The largest absolute Gasteiger partial charge is 0.508 e. The Labute approximate surface area is 232 Å². The fourth-order valence-electron chi connectivity index (χ4n) is 3.06. The van der Waals surface area contributed by atoms with Crippen molar-refractivity contribution in [3.63, 3.8) is 0 Å². The molecular formula is C33H42O6. The second-order valence-corrected chi connectivity index (χ2v) is 9.95. The van der Waals surface area contributed by atoms with Crippen molar-refractivity contribution in [2.45, 2.75) is 59.3 Å². The van der Waals surface area contributed by atoms with Crippen LogP contribution in [0.1, 0.15) is 76.0 Å². The van der Waals surface area contributed by atoms with Gasteiger partial charge in [0.15, 0.2) is 0 Å². The summed E-state index contributed by atoms with van der Waals surface area (Å²) in [6.07, 6.45) is 0. The quantitative estimate of drug-likeness (QED) is 0.147. The third kappa shape index (κ3) is 13.7. The van der Waals surface area contributed by atoms with Crippen LogP contribution in [0.5, 0.6) is 34.5 Å². The molecule has 0 aromatic heterocycles. The zero-order valence-electron chi connectivity index (χ0n) is 23.6. The van der Waals surface area contributed by atoms with E-state index in [1.165, 1.54) is 89.5 Å². The van der Waals surface area contributed by atoms with Gasteiger partial charge < -0.3 is 30.6 Å². The predicted molar refractivity (Wildman–Crippen MR) is 158 cm³/mol. The lowest BCUT2D eigenvalue weighted by atomic mass is 9.90. The van der Waals surface area contributed by atoms with Crippen molar-refractivity contribution in [3.05, 3.63) is 108 Å². The maximum absolute atomic E-state index is 8.65. The Morgan fingerprint density at radius 1 is 0.308 bits per heavy atom. The van der Waals surface area contributed by atoms with Gasteiger partial charge in [0.25, 0.3) is 0 Å². The van der Waals surface area contributed by atoms with Gasteiger partial charge >= 0.3 is 0 Å². The molecule has 4 aromatic carbocycles. The molecule has 0 saturated heterocycles. The Kier molecular flexibility index (Phi) is 13.8. The molecule has 0 amide bonds.